The molecule has 2 N–H and O–H groups in total. The molecule has 0 radical (unpaired) electrons. The van der Waals surface area contributed by atoms with Gasteiger partial charge in [-0.25, -0.2) is 18.7 Å². The highest BCUT2D eigenvalue weighted by Gasteiger charge is 2.35. The molecule has 0 bridgehead atoms. The molecule has 1 saturated heterocycles. The van der Waals surface area contributed by atoms with Crippen molar-refractivity contribution in [3.8, 4) is 0 Å². The second-order valence-corrected chi connectivity index (χ2v) is 4.11. The zero-order valence-corrected chi connectivity index (χ0v) is 9.21. The van der Waals surface area contributed by atoms with Crippen LogP contribution in [-0.2, 0) is 0 Å². The number of nitrogen functional groups attached to an aromatic ring is 1. The normalized spacial score (nSPS) is 19.8. The molecule has 4 nitrogen and oxygen atoms in total. The van der Waals surface area contributed by atoms with Crippen LogP contribution in [0.3, 0.4) is 0 Å². The highest BCUT2D eigenvalue weighted by molar-refractivity contribution is 6.31. The Morgan fingerprint density at radius 1 is 1.38 bits per heavy atom. The number of aromatic nitrogens is 2. The molecule has 0 atom stereocenters. The molecule has 1 aliphatic heterocycles. The zero-order valence-electron chi connectivity index (χ0n) is 8.46. The van der Waals surface area contributed by atoms with E-state index in [0.29, 0.717) is 5.82 Å². The molecule has 0 saturated carbocycles. The number of hydrogen-bond donors (Lipinski definition) is 1. The standard InChI is InChI=1S/C9H11ClF2N4/c10-7-8(14-5-6(13)15-7)16-3-1-9(11,12)2-4-16/h5H,1-4H2,(H2,13,15). The summed E-state index contributed by atoms with van der Waals surface area (Å²) < 4.78 is 25.9. The number of alkyl halides is 2. The van der Waals surface area contributed by atoms with Gasteiger partial charge >= 0.3 is 0 Å². The maximum atomic E-state index is 12.9. The smallest absolute Gasteiger partial charge is 0.251 e. The van der Waals surface area contributed by atoms with Gasteiger partial charge in [0, 0.05) is 25.9 Å². The Labute approximate surface area is 96.4 Å². The molecule has 0 unspecified atom stereocenters. The van der Waals surface area contributed by atoms with Gasteiger partial charge in [-0.3, -0.25) is 0 Å². The van der Waals surface area contributed by atoms with Crippen molar-refractivity contribution in [1.82, 2.24) is 9.97 Å². The molecule has 0 aromatic carbocycles. The molecule has 16 heavy (non-hydrogen) atoms. The summed E-state index contributed by atoms with van der Waals surface area (Å²) in [5.41, 5.74) is 5.40. The van der Waals surface area contributed by atoms with Crippen LogP contribution in [0.1, 0.15) is 12.8 Å². The highest BCUT2D eigenvalue weighted by atomic mass is 35.5. The molecule has 0 spiro atoms. The van der Waals surface area contributed by atoms with Crippen molar-refractivity contribution in [2.45, 2.75) is 18.8 Å². The fourth-order valence-electron chi connectivity index (χ4n) is 1.63. The summed E-state index contributed by atoms with van der Waals surface area (Å²) in [5.74, 6) is -1.94. The Balaban J connectivity index is 2.14. The number of rotatable bonds is 1. The Morgan fingerprint density at radius 3 is 2.56 bits per heavy atom. The van der Waals surface area contributed by atoms with Gasteiger partial charge in [0.1, 0.15) is 5.82 Å². The van der Waals surface area contributed by atoms with E-state index in [1.54, 1.807) is 4.90 Å². The van der Waals surface area contributed by atoms with Crippen LogP contribution in [0.5, 0.6) is 0 Å². The zero-order chi connectivity index (χ0) is 11.8. The first-order valence-electron chi connectivity index (χ1n) is 4.89. The number of nitrogens with two attached hydrogens (primary N) is 1. The number of halogens is 3. The van der Waals surface area contributed by atoms with E-state index in [1.807, 2.05) is 0 Å². The predicted octanol–water partition coefficient (Wildman–Crippen LogP) is 1.95. The van der Waals surface area contributed by atoms with E-state index in [-0.39, 0.29) is 36.9 Å². The molecule has 7 heteroatoms. The number of anilines is 2. The average Bonchev–Trinajstić information content (AvgIpc) is 2.19. The van der Waals surface area contributed by atoms with E-state index in [2.05, 4.69) is 9.97 Å². The summed E-state index contributed by atoms with van der Waals surface area (Å²) in [6, 6.07) is 0. The van der Waals surface area contributed by atoms with Crippen molar-refractivity contribution in [2.75, 3.05) is 23.7 Å². The lowest BCUT2D eigenvalue weighted by molar-refractivity contribution is -0.0221. The molecular weight excluding hydrogens is 238 g/mol. The van der Waals surface area contributed by atoms with Gasteiger partial charge < -0.3 is 10.6 Å². The minimum absolute atomic E-state index is 0.158. The lowest BCUT2D eigenvalue weighted by atomic mass is 10.1. The SMILES string of the molecule is Nc1cnc(N2CCC(F)(F)CC2)c(Cl)n1. The van der Waals surface area contributed by atoms with E-state index in [0.717, 1.165) is 0 Å². The summed E-state index contributed by atoms with van der Waals surface area (Å²) in [4.78, 5) is 9.55. The first-order valence-corrected chi connectivity index (χ1v) is 5.26. The van der Waals surface area contributed by atoms with Crippen LogP contribution in [0.2, 0.25) is 5.15 Å². The van der Waals surface area contributed by atoms with E-state index in [9.17, 15) is 8.78 Å². The molecule has 2 heterocycles. The van der Waals surface area contributed by atoms with Crippen molar-refractivity contribution in [2.24, 2.45) is 0 Å². The van der Waals surface area contributed by atoms with Gasteiger partial charge in [0.25, 0.3) is 5.92 Å². The lowest BCUT2D eigenvalue weighted by Crippen LogP contribution is -2.40. The Bertz CT molecular complexity index is 389. The van der Waals surface area contributed by atoms with Gasteiger partial charge in [0.05, 0.1) is 6.20 Å². The number of hydrogen-bond acceptors (Lipinski definition) is 4. The van der Waals surface area contributed by atoms with Gasteiger partial charge in [-0.05, 0) is 0 Å². The van der Waals surface area contributed by atoms with Crippen molar-refractivity contribution in [3.63, 3.8) is 0 Å². The summed E-state index contributed by atoms with van der Waals surface area (Å²) in [6.45, 7) is 0.455. The summed E-state index contributed by atoms with van der Waals surface area (Å²) in [7, 11) is 0. The molecule has 1 aromatic rings. The summed E-state index contributed by atoms with van der Waals surface area (Å²) >= 11 is 5.85. The summed E-state index contributed by atoms with van der Waals surface area (Å²) in [5, 5.41) is 0.158. The van der Waals surface area contributed by atoms with Crippen LogP contribution in [0, 0.1) is 0 Å². The van der Waals surface area contributed by atoms with E-state index in [4.69, 9.17) is 17.3 Å². The molecule has 2 rings (SSSR count). The van der Waals surface area contributed by atoms with Gasteiger partial charge in [-0.15, -0.1) is 0 Å². The Hall–Kier alpha value is -1.17. The topological polar surface area (TPSA) is 55.0 Å². The molecule has 1 aliphatic rings. The highest BCUT2D eigenvalue weighted by Crippen LogP contribution is 2.31. The Morgan fingerprint density at radius 2 is 2.00 bits per heavy atom. The van der Waals surface area contributed by atoms with Gasteiger partial charge in [0.2, 0.25) is 0 Å². The quantitative estimate of drug-likeness (QED) is 0.825. The minimum Gasteiger partial charge on any atom is -0.382 e. The second-order valence-electron chi connectivity index (χ2n) is 3.75. The van der Waals surface area contributed by atoms with Crippen molar-refractivity contribution in [3.05, 3.63) is 11.3 Å². The van der Waals surface area contributed by atoms with Crippen LogP contribution in [0.15, 0.2) is 6.20 Å². The van der Waals surface area contributed by atoms with Crippen molar-refractivity contribution >= 4 is 23.2 Å². The van der Waals surface area contributed by atoms with Crippen molar-refractivity contribution in [1.29, 1.82) is 0 Å². The van der Waals surface area contributed by atoms with Gasteiger partial charge in [-0.2, -0.15) is 0 Å². The molecule has 88 valence electrons. The largest absolute Gasteiger partial charge is 0.382 e. The van der Waals surface area contributed by atoms with Gasteiger partial charge in [0.15, 0.2) is 11.0 Å². The number of piperidine rings is 1. The van der Waals surface area contributed by atoms with E-state index >= 15 is 0 Å². The van der Waals surface area contributed by atoms with Crippen LogP contribution in [0.4, 0.5) is 20.4 Å². The number of nitrogens with zero attached hydrogens (tertiary/aromatic N) is 3. The fraction of sp³-hybridized carbons (Fsp3) is 0.556. The van der Waals surface area contributed by atoms with Crippen LogP contribution in [0.25, 0.3) is 0 Å². The van der Waals surface area contributed by atoms with E-state index in [1.165, 1.54) is 6.20 Å². The molecule has 0 amide bonds. The molecule has 1 aromatic heterocycles. The maximum absolute atomic E-state index is 12.9. The van der Waals surface area contributed by atoms with Crippen LogP contribution in [-0.4, -0.2) is 29.0 Å². The first-order chi connectivity index (χ1) is 7.48. The summed E-state index contributed by atoms with van der Waals surface area (Å²) in [6.07, 6.45) is 0.999. The fourth-order valence-corrected chi connectivity index (χ4v) is 1.90. The molecule has 0 aliphatic carbocycles. The third kappa shape index (κ3) is 2.32. The minimum atomic E-state index is -2.58. The lowest BCUT2D eigenvalue weighted by Gasteiger charge is -2.32. The van der Waals surface area contributed by atoms with Crippen LogP contribution < -0.4 is 10.6 Å². The van der Waals surface area contributed by atoms with E-state index < -0.39 is 5.92 Å². The monoisotopic (exact) mass is 248 g/mol. The molecule has 1 fully saturated rings. The van der Waals surface area contributed by atoms with Crippen LogP contribution >= 0.6 is 11.6 Å². The third-order valence-corrected chi connectivity index (χ3v) is 2.78. The van der Waals surface area contributed by atoms with Gasteiger partial charge in [-0.1, -0.05) is 11.6 Å². The predicted molar refractivity (Wildman–Crippen MR) is 57.8 cm³/mol. The average molecular weight is 249 g/mol. The van der Waals surface area contributed by atoms with Crippen molar-refractivity contribution < 1.29 is 8.78 Å². The Kier molecular flexibility index (Phi) is 2.84. The third-order valence-electron chi connectivity index (χ3n) is 2.53. The first kappa shape index (κ1) is 11.3. The molecular formula is C9H11ClF2N4. The second kappa shape index (κ2) is 4.01. The maximum Gasteiger partial charge on any atom is 0.251 e.